The second-order valence-corrected chi connectivity index (χ2v) is 6.80. The second kappa shape index (κ2) is 8.64. The molecule has 0 saturated heterocycles. The van der Waals surface area contributed by atoms with Crippen LogP contribution in [0, 0.1) is 0 Å². The SMILES string of the molecule is O=C(NO)c1ccc(Cn2cccc(C(=O)NC3CCCCC3)c2=O)cc1. The Morgan fingerprint density at radius 1 is 1.04 bits per heavy atom. The van der Waals surface area contributed by atoms with E-state index < -0.39 is 5.91 Å². The topological polar surface area (TPSA) is 100 Å². The molecule has 0 bridgehead atoms. The smallest absolute Gasteiger partial charge is 0.274 e. The number of rotatable bonds is 5. The highest BCUT2D eigenvalue weighted by Gasteiger charge is 2.19. The van der Waals surface area contributed by atoms with Crippen LogP contribution in [0.15, 0.2) is 47.4 Å². The number of pyridine rings is 1. The van der Waals surface area contributed by atoms with E-state index in [0.29, 0.717) is 5.56 Å². The maximum Gasteiger partial charge on any atom is 0.274 e. The van der Waals surface area contributed by atoms with Gasteiger partial charge in [-0.3, -0.25) is 19.6 Å². The Labute approximate surface area is 157 Å². The van der Waals surface area contributed by atoms with Crippen molar-refractivity contribution in [3.05, 3.63) is 69.6 Å². The molecule has 0 radical (unpaired) electrons. The van der Waals surface area contributed by atoms with E-state index in [2.05, 4.69) is 5.32 Å². The molecule has 2 amide bonds. The summed E-state index contributed by atoms with van der Waals surface area (Å²) in [5.74, 6) is -0.920. The van der Waals surface area contributed by atoms with Gasteiger partial charge in [0.05, 0.1) is 6.54 Å². The lowest BCUT2D eigenvalue weighted by molar-refractivity contribution is 0.0706. The number of hydrogen-bond acceptors (Lipinski definition) is 4. The molecule has 1 aromatic heterocycles. The molecule has 1 fully saturated rings. The van der Waals surface area contributed by atoms with Crippen LogP contribution in [0.25, 0.3) is 0 Å². The number of hydrogen-bond donors (Lipinski definition) is 3. The molecule has 1 heterocycles. The average molecular weight is 369 g/mol. The maximum atomic E-state index is 12.7. The van der Waals surface area contributed by atoms with Crippen LogP contribution in [0.4, 0.5) is 0 Å². The monoisotopic (exact) mass is 369 g/mol. The summed E-state index contributed by atoms with van der Waals surface area (Å²) in [6, 6.07) is 9.90. The van der Waals surface area contributed by atoms with Gasteiger partial charge in [0.1, 0.15) is 5.56 Å². The van der Waals surface area contributed by atoms with Crippen molar-refractivity contribution in [3.8, 4) is 0 Å². The van der Waals surface area contributed by atoms with Crippen LogP contribution < -0.4 is 16.4 Å². The van der Waals surface area contributed by atoms with Gasteiger partial charge >= 0.3 is 0 Å². The minimum Gasteiger partial charge on any atom is -0.349 e. The Hall–Kier alpha value is -2.93. The Balaban J connectivity index is 1.73. The predicted octanol–water partition coefficient (Wildman–Crippen LogP) is 2.08. The fraction of sp³-hybridized carbons (Fsp3) is 0.350. The highest BCUT2D eigenvalue weighted by Crippen LogP contribution is 2.17. The number of carbonyl (C=O) groups excluding carboxylic acids is 2. The number of nitrogens with one attached hydrogen (secondary N) is 2. The van der Waals surface area contributed by atoms with Crippen LogP contribution in [-0.2, 0) is 6.54 Å². The van der Waals surface area contributed by atoms with Crippen LogP contribution in [0.2, 0.25) is 0 Å². The van der Waals surface area contributed by atoms with Crippen molar-refractivity contribution in [2.24, 2.45) is 0 Å². The van der Waals surface area contributed by atoms with E-state index >= 15 is 0 Å². The fourth-order valence-corrected chi connectivity index (χ4v) is 3.37. The molecule has 0 unspecified atom stereocenters. The van der Waals surface area contributed by atoms with Gasteiger partial charge in [-0.15, -0.1) is 0 Å². The molecule has 1 aliphatic rings. The zero-order valence-corrected chi connectivity index (χ0v) is 15.0. The van der Waals surface area contributed by atoms with Gasteiger partial charge in [0, 0.05) is 17.8 Å². The molecule has 3 rings (SSSR count). The van der Waals surface area contributed by atoms with E-state index in [4.69, 9.17) is 5.21 Å². The largest absolute Gasteiger partial charge is 0.349 e. The lowest BCUT2D eigenvalue weighted by Crippen LogP contribution is -2.39. The van der Waals surface area contributed by atoms with Crippen molar-refractivity contribution in [3.63, 3.8) is 0 Å². The fourth-order valence-electron chi connectivity index (χ4n) is 3.37. The normalized spacial score (nSPS) is 14.6. The molecule has 27 heavy (non-hydrogen) atoms. The summed E-state index contributed by atoms with van der Waals surface area (Å²) in [6.07, 6.45) is 6.96. The van der Waals surface area contributed by atoms with Crippen LogP contribution >= 0.6 is 0 Å². The molecule has 7 heteroatoms. The molecule has 3 N–H and O–H groups in total. The van der Waals surface area contributed by atoms with Gasteiger partial charge in [0.15, 0.2) is 0 Å². The first-order valence-corrected chi connectivity index (χ1v) is 9.12. The zero-order valence-electron chi connectivity index (χ0n) is 15.0. The Morgan fingerprint density at radius 3 is 2.41 bits per heavy atom. The number of amides is 2. The van der Waals surface area contributed by atoms with Crippen molar-refractivity contribution in [1.82, 2.24) is 15.4 Å². The van der Waals surface area contributed by atoms with Crippen molar-refractivity contribution < 1.29 is 14.8 Å². The average Bonchev–Trinajstić information content (AvgIpc) is 2.70. The number of aromatic nitrogens is 1. The van der Waals surface area contributed by atoms with Gasteiger partial charge in [-0.1, -0.05) is 31.4 Å². The Morgan fingerprint density at radius 2 is 1.74 bits per heavy atom. The summed E-state index contributed by atoms with van der Waals surface area (Å²) < 4.78 is 1.47. The number of carbonyl (C=O) groups is 2. The minimum atomic E-state index is -0.597. The van der Waals surface area contributed by atoms with Gasteiger partial charge in [-0.25, -0.2) is 5.48 Å². The van der Waals surface area contributed by atoms with Crippen LogP contribution in [0.5, 0.6) is 0 Å². The molecule has 7 nitrogen and oxygen atoms in total. The molecule has 1 saturated carbocycles. The third-order valence-corrected chi connectivity index (χ3v) is 4.88. The predicted molar refractivity (Wildman–Crippen MR) is 99.8 cm³/mol. The molecule has 0 spiro atoms. The minimum absolute atomic E-state index is 0.138. The Bertz CT molecular complexity index is 868. The van der Waals surface area contributed by atoms with Gasteiger partial charge in [-0.2, -0.15) is 0 Å². The first kappa shape index (κ1) is 18.8. The quantitative estimate of drug-likeness (QED) is 0.555. The van der Waals surface area contributed by atoms with Gasteiger partial charge in [0.2, 0.25) is 0 Å². The lowest BCUT2D eigenvalue weighted by Gasteiger charge is -2.22. The Kier molecular flexibility index (Phi) is 6.03. The van der Waals surface area contributed by atoms with Crippen molar-refractivity contribution in [2.45, 2.75) is 44.7 Å². The lowest BCUT2D eigenvalue weighted by atomic mass is 9.95. The summed E-state index contributed by atoms with van der Waals surface area (Å²) in [5.41, 5.74) is 2.48. The highest BCUT2D eigenvalue weighted by atomic mass is 16.5. The van der Waals surface area contributed by atoms with Crippen molar-refractivity contribution in [1.29, 1.82) is 0 Å². The molecule has 0 aliphatic heterocycles. The van der Waals surface area contributed by atoms with Crippen LogP contribution in [0.3, 0.4) is 0 Å². The summed E-state index contributed by atoms with van der Waals surface area (Å²) in [4.78, 5) is 36.5. The van der Waals surface area contributed by atoms with Gasteiger partial charge < -0.3 is 9.88 Å². The molecule has 2 aromatic rings. The van der Waals surface area contributed by atoms with E-state index in [9.17, 15) is 14.4 Å². The second-order valence-electron chi connectivity index (χ2n) is 6.80. The van der Waals surface area contributed by atoms with E-state index in [-0.39, 0.29) is 29.6 Å². The van der Waals surface area contributed by atoms with E-state index in [0.717, 1.165) is 31.2 Å². The first-order valence-electron chi connectivity index (χ1n) is 9.12. The van der Waals surface area contributed by atoms with Crippen LogP contribution in [0.1, 0.15) is 58.4 Å². The highest BCUT2D eigenvalue weighted by molar-refractivity contribution is 5.94. The maximum absolute atomic E-state index is 12.7. The third-order valence-electron chi connectivity index (χ3n) is 4.88. The van der Waals surface area contributed by atoms with E-state index in [1.54, 1.807) is 48.1 Å². The van der Waals surface area contributed by atoms with E-state index in [1.807, 2.05) is 0 Å². The summed E-state index contributed by atoms with van der Waals surface area (Å²) in [5, 5.41) is 11.6. The van der Waals surface area contributed by atoms with Crippen molar-refractivity contribution in [2.75, 3.05) is 0 Å². The zero-order chi connectivity index (χ0) is 19.2. The van der Waals surface area contributed by atoms with Crippen LogP contribution in [-0.4, -0.2) is 27.6 Å². The van der Waals surface area contributed by atoms with Crippen molar-refractivity contribution >= 4 is 11.8 Å². The number of benzene rings is 1. The summed E-state index contributed by atoms with van der Waals surface area (Å²) in [6.45, 7) is 0.282. The third kappa shape index (κ3) is 4.62. The molecule has 142 valence electrons. The van der Waals surface area contributed by atoms with Gasteiger partial charge in [-0.05, 0) is 42.7 Å². The standard InChI is InChI=1S/C20H23N3O4/c24-18(22-27)15-10-8-14(9-11-15)13-23-12-4-7-17(20(23)26)19(25)21-16-5-2-1-3-6-16/h4,7-12,16,27H,1-3,5-6,13H2,(H,21,25)(H,22,24). The first-order chi connectivity index (χ1) is 13.1. The number of nitrogens with zero attached hydrogens (tertiary/aromatic N) is 1. The molecule has 0 atom stereocenters. The van der Waals surface area contributed by atoms with E-state index in [1.165, 1.54) is 11.0 Å². The summed E-state index contributed by atoms with van der Waals surface area (Å²) in [7, 11) is 0. The molecule has 1 aliphatic carbocycles. The number of hydroxylamine groups is 1. The molecule has 1 aromatic carbocycles. The molecular weight excluding hydrogens is 346 g/mol. The molecular formula is C20H23N3O4. The summed E-state index contributed by atoms with van der Waals surface area (Å²) >= 11 is 0. The van der Waals surface area contributed by atoms with Gasteiger partial charge in [0.25, 0.3) is 17.4 Å².